The second-order valence-electron chi connectivity index (χ2n) is 9.76. The lowest BCUT2D eigenvalue weighted by Crippen LogP contribution is -2.44. The van der Waals surface area contributed by atoms with E-state index in [0.29, 0.717) is 47.5 Å². The maximum atomic E-state index is 12.4. The molecule has 1 atom stereocenters. The van der Waals surface area contributed by atoms with E-state index in [1.165, 1.54) is 11.1 Å². The number of ether oxygens (including phenoxy) is 2. The Kier molecular flexibility index (Phi) is 9.76. The minimum absolute atomic E-state index is 0.306. The number of likely N-dealkylation sites (tertiary alicyclic amines) is 1. The van der Waals surface area contributed by atoms with Crippen LogP contribution in [-0.2, 0) is 4.79 Å². The Hall–Kier alpha value is -2.52. The van der Waals surface area contributed by atoms with Crippen LogP contribution in [0.4, 0.5) is 0 Å². The summed E-state index contributed by atoms with van der Waals surface area (Å²) in [5.74, 6) is 1.72. The van der Waals surface area contributed by atoms with Crippen molar-refractivity contribution in [3.63, 3.8) is 0 Å². The molecule has 2 heterocycles. The van der Waals surface area contributed by atoms with Crippen LogP contribution in [0.1, 0.15) is 43.8 Å². The summed E-state index contributed by atoms with van der Waals surface area (Å²) in [7, 11) is 3.25. The normalized spacial score (nSPS) is 16.3. The van der Waals surface area contributed by atoms with Gasteiger partial charge >= 0.3 is 5.97 Å². The largest absolute Gasteiger partial charge is 0.497 e. The van der Waals surface area contributed by atoms with Crippen molar-refractivity contribution in [1.29, 1.82) is 0 Å². The summed E-state index contributed by atoms with van der Waals surface area (Å²) in [6.07, 6.45) is 3.50. The number of aliphatic hydroxyl groups excluding tert-OH is 1. The maximum Gasteiger partial charge on any atom is 0.309 e. The Bertz CT molecular complexity index is 1230. The highest BCUT2D eigenvalue weighted by molar-refractivity contribution is 7.99. The smallest absolute Gasteiger partial charge is 0.309 e. The van der Waals surface area contributed by atoms with Gasteiger partial charge < -0.3 is 24.6 Å². The van der Waals surface area contributed by atoms with Gasteiger partial charge in [-0.15, -0.1) is 11.8 Å². The number of hydrogen-bond acceptors (Lipinski definition) is 7. The number of aliphatic hydroxyl groups is 1. The number of carbonyl (C=O) groups is 1. The van der Waals surface area contributed by atoms with E-state index < -0.39 is 17.5 Å². The summed E-state index contributed by atoms with van der Waals surface area (Å²) < 4.78 is 10.5. The van der Waals surface area contributed by atoms with Gasteiger partial charge in [0.05, 0.1) is 36.3 Å². The van der Waals surface area contributed by atoms with E-state index in [2.05, 4.69) is 22.0 Å². The summed E-state index contributed by atoms with van der Waals surface area (Å²) in [6, 6.07) is 13.5. The van der Waals surface area contributed by atoms with Crippen molar-refractivity contribution in [2.75, 3.05) is 39.6 Å². The Labute approximate surface area is 233 Å². The predicted octanol–water partition coefficient (Wildman–Crippen LogP) is 6.07. The number of carboxylic acid groups (broad SMARTS) is 1. The van der Waals surface area contributed by atoms with E-state index in [9.17, 15) is 15.0 Å². The number of benzene rings is 2. The predicted molar refractivity (Wildman–Crippen MR) is 152 cm³/mol. The van der Waals surface area contributed by atoms with Crippen LogP contribution in [0.25, 0.3) is 10.9 Å². The first-order valence-corrected chi connectivity index (χ1v) is 14.2. The van der Waals surface area contributed by atoms with Gasteiger partial charge in [0.1, 0.15) is 11.5 Å². The first-order chi connectivity index (χ1) is 18.3. The second-order valence-corrected chi connectivity index (χ2v) is 11.3. The molecule has 0 aliphatic carbocycles. The molecule has 1 aromatic heterocycles. The quantitative estimate of drug-likeness (QED) is 0.204. The molecule has 0 spiro atoms. The number of carboxylic acids is 1. The highest BCUT2D eigenvalue weighted by Crippen LogP contribution is 2.41. The van der Waals surface area contributed by atoms with Gasteiger partial charge in [0.25, 0.3) is 0 Å². The lowest BCUT2D eigenvalue weighted by atomic mass is 9.74. The third kappa shape index (κ3) is 6.72. The van der Waals surface area contributed by atoms with Crippen molar-refractivity contribution < 1.29 is 24.5 Å². The highest BCUT2D eigenvalue weighted by Gasteiger charge is 2.41. The number of aliphatic carboxylic acids is 1. The number of methoxy groups -OCH3 is 2. The number of piperidine rings is 1. The molecule has 4 rings (SSSR count). The number of pyridine rings is 1. The van der Waals surface area contributed by atoms with Gasteiger partial charge in [0.2, 0.25) is 0 Å². The average Bonchev–Trinajstić information content (AvgIpc) is 2.94. The van der Waals surface area contributed by atoms with Gasteiger partial charge in [-0.3, -0.25) is 9.78 Å². The molecule has 0 saturated carbocycles. The van der Waals surface area contributed by atoms with E-state index in [4.69, 9.17) is 21.1 Å². The standard InChI is InChI=1S/C29H35ClN2O5S/c1-36-20-4-7-22(8-5-20)38-17-3-14-32-15-12-29(13-16-32,28(34)35)11-10-26(33)27-23-18-21(37-2)6-9-25(23)31-19-24(27)30/h4-9,18-19,26,33H,3,10-17H2,1-2H3,(H,34,35)/t26-/m1/s1. The van der Waals surface area contributed by atoms with Crippen LogP contribution < -0.4 is 9.47 Å². The van der Waals surface area contributed by atoms with Gasteiger partial charge in [-0.2, -0.15) is 0 Å². The van der Waals surface area contributed by atoms with Crippen molar-refractivity contribution in [3.05, 3.63) is 59.2 Å². The third-order valence-corrected chi connectivity index (χ3v) is 8.91. The Balaban J connectivity index is 1.31. The van der Waals surface area contributed by atoms with Crippen molar-refractivity contribution in [2.45, 2.75) is 43.1 Å². The summed E-state index contributed by atoms with van der Waals surface area (Å²) in [6.45, 7) is 2.43. The van der Waals surface area contributed by atoms with Gasteiger partial charge in [0, 0.05) is 22.0 Å². The molecule has 1 fully saturated rings. The molecular weight excluding hydrogens is 524 g/mol. The first kappa shape index (κ1) is 28.5. The number of hydrogen-bond donors (Lipinski definition) is 2. The van der Waals surface area contributed by atoms with Crippen LogP contribution in [0.5, 0.6) is 11.5 Å². The summed E-state index contributed by atoms with van der Waals surface area (Å²) >= 11 is 8.27. The minimum Gasteiger partial charge on any atom is -0.497 e. The summed E-state index contributed by atoms with van der Waals surface area (Å²) in [4.78, 5) is 20.3. The van der Waals surface area contributed by atoms with Crippen LogP contribution in [0.15, 0.2) is 53.6 Å². The monoisotopic (exact) mass is 558 g/mol. The zero-order valence-corrected chi connectivity index (χ0v) is 23.4. The molecule has 9 heteroatoms. The number of thioether (sulfide) groups is 1. The molecule has 0 radical (unpaired) electrons. The zero-order valence-electron chi connectivity index (χ0n) is 21.9. The van der Waals surface area contributed by atoms with E-state index in [1.807, 2.05) is 42.1 Å². The topological polar surface area (TPSA) is 92.1 Å². The van der Waals surface area contributed by atoms with Gasteiger partial charge in [-0.1, -0.05) is 11.6 Å². The lowest BCUT2D eigenvalue weighted by Gasteiger charge is -2.39. The molecule has 1 aliphatic heterocycles. The zero-order chi connectivity index (χ0) is 27.1. The van der Waals surface area contributed by atoms with Crippen LogP contribution in [0.2, 0.25) is 5.02 Å². The van der Waals surface area contributed by atoms with Crippen molar-refractivity contribution in [3.8, 4) is 11.5 Å². The van der Waals surface area contributed by atoms with Crippen LogP contribution >= 0.6 is 23.4 Å². The number of nitrogens with zero attached hydrogens (tertiary/aromatic N) is 2. The third-order valence-electron chi connectivity index (χ3n) is 7.51. The van der Waals surface area contributed by atoms with E-state index >= 15 is 0 Å². The lowest BCUT2D eigenvalue weighted by molar-refractivity contribution is -0.153. The molecule has 38 heavy (non-hydrogen) atoms. The SMILES string of the molecule is COc1ccc(SCCCN2CCC(CC[C@@H](O)c3c(Cl)cnc4ccc(OC)cc34)(C(=O)O)CC2)cc1. The maximum absolute atomic E-state index is 12.4. The second kappa shape index (κ2) is 13.0. The minimum atomic E-state index is -0.899. The van der Waals surface area contributed by atoms with E-state index in [0.717, 1.165) is 42.9 Å². The molecular formula is C29H35ClN2O5S. The molecule has 0 unspecified atom stereocenters. The first-order valence-electron chi connectivity index (χ1n) is 12.9. The molecule has 2 aromatic carbocycles. The molecule has 7 nitrogen and oxygen atoms in total. The van der Waals surface area contributed by atoms with E-state index in [1.54, 1.807) is 14.2 Å². The molecule has 2 N–H and O–H groups in total. The number of rotatable bonds is 12. The van der Waals surface area contributed by atoms with Crippen LogP contribution in [0.3, 0.4) is 0 Å². The van der Waals surface area contributed by atoms with Gasteiger partial charge in [-0.05, 0) is 100.0 Å². The van der Waals surface area contributed by atoms with Crippen molar-refractivity contribution in [1.82, 2.24) is 9.88 Å². The summed E-state index contributed by atoms with van der Waals surface area (Å²) in [5.41, 5.74) is 0.432. The van der Waals surface area contributed by atoms with E-state index in [-0.39, 0.29) is 0 Å². The number of aromatic nitrogens is 1. The summed E-state index contributed by atoms with van der Waals surface area (Å²) in [5, 5.41) is 22.4. The Morgan fingerprint density at radius 1 is 1.13 bits per heavy atom. The fourth-order valence-electron chi connectivity index (χ4n) is 5.12. The average molecular weight is 559 g/mol. The van der Waals surface area contributed by atoms with Crippen molar-refractivity contribution in [2.24, 2.45) is 5.41 Å². The molecule has 1 aliphatic rings. The fraction of sp³-hybridized carbons (Fsp3) is 0.448. The molecule has 0 amide bonds. The van der Waals surface area contributed by atoms with Crippen LogP contribution in [0, 0.1) is 5.41 Å². The van der Waals surface area contributed by atoms with Gasteiger partial charge in [-0.25, -0.2) is 0 Å². The Morgan fingerprint density at radius 3 is 2.47 bits per heavy atom. The van der Waals surface area contributed by atoms with Gasteiger partial charge in [0.15, 0.2) is 0 Å². The molecule has 1 saturated heterocycles. The highest BCUT2D eigenvalue weighted by atomic mass is 35.5. The number of halogens is 1. The van der Waals surface area contributed by atoms with Crippen LogP contribution in [-0.4, -0.2) is 65.7 Å². The Morgan fingerprint density at radius 2 is 1.82 bits per heavy atom. The van der Waals surface area contributed by atoms with Crippen molar-refractivity contribution >= 4 is 40.2 Å². The molecule has 204 valence electrons. The fourth-order valence-corrected chi connectivity index (χ4v) is 6.23. The number of fused-ring (bicyclic) bond motifs is 1. The molecule has 0 bridgehead atoms. The molecule has 3 aromatic rings.